The van der Waals surface area contributed by atoms with Crippen LogP contribution in [0.5, 0.6) is 0 Å². The van der Waals surface area contributed by atoms with Crippen LogP contribution in [0, 0.1) is 0 Å². The van der Waals surface area contributed by atoms with Crippen molar-refractivity contribution >= 4 is 45.5 Å². The van der Waals surface area contributed by atoms with E-state index in [1.165, 1.54) is 0 Å². The monoisotopic (exact) mass is 1070 g/mol. The van der Waals surface area contributed by atoms with E-state index in [0.29, 0.717) is 0 Å². The maximum Gasteiger partial charge on any atom is 0 e. The van der Waals surface area contributed by atoms with Crippen molar-refractivity contribution < 1.29 is 112 Å². The second-order valence-corrected chi connectivity index (χ2v) is 0. The second-order valence-electron chi connectivity index (χ2n) is 0. The molecule has 0 fully saturated rings. The molecule has 0 unspecified atom stereocenters. The Morgan fingerprint density at radius 3 is 0.333 bits per heavy atom. The van der Waals surface area contributed by atoms with E-state index < -0.39 is 0 Å². The zero-order valence-corrected chi connectivity index (χ0v) is 16.5. The first-order valence-electron chi connectivity index (χ1n) is 0. The molecule has 0 heterocycles. The molecule has 0 rings (SSSR count). The van der Waals surface area contributed by atoms with Gasteiger partial charge in [-0.25, -0.2) is 0 Å². The molecule has 7 radical (unpaired) electrons. The average Bonchev–Trinajstić information content (AvgIpc) is 0. The molecular formula is Au5Sr. The Labute approximate surface area is 153 Å². The maximum atomic E-state index is 0. The topological polar surface area (TPSA) is 0 Å². The van der Waals surface area contributed by atoms with Crippen LogP contribution in [0.15, 0.2) is 0 Å². The minimum atomic E-state index is 0. The summed E-state index contributed by atoms with van der Waals surface area (Å²) < 4.78 is 0. The zero-order valence-electron chi connectivity index (χ0n) is 2.21. The van der Waals surface area contributed by atoms with Crippen molar-refractivity contribution in [2.45, 2.75) is 0 Å². The van der Waals surface area contributed by atoms with Crippen LogP contribution in [-0.2, 0) is 112 Å². The van der Waals surface area contributed by atoms with Gasteiger partial charge < -0.3 is 0 Å². The molecule has 0 aliphatic carbocycles. The van der Waals surface area contributed by atoms with Gasteiger partial charge in [0.1, 0.15) is 0 Å². The first-order valence-corrected chi connectivity index (χ1v) is 0. The van der Waals surface area contributed by atoms with E-state index in [4.69, 9.17) is 0 Å². The smallest absolute Gasteiger partial charge is 0 e. The third kappa shape index (κ3) is 22.9. The fraction of sp³-hybridized carbons (Fsp3) is 0. The number of rotatable bonds is 0. The van der Waals surface area contributed by atoms with Crippen LogP contribution >= 0.6 is 0 Å². The van der Waals surface area contributed by atoms with Crippen LogP contribution in [-0.4, -0.2) is 45.5 Å². The fourth-order valence-electron chi connectivity index (χ4n) is 0. The molecule has 0 saturated heterocycles. The van der Waals surface area contributed by atoms with Gasteiger partial charge in [0.15, 0.2) is 0 Å². The summed E-state index contributed by atoms with van der Waals surface area (Å²) in [7, 11) is 0. The Bertz CT molecular complexity index is 3.90. The Hall–Kier alpha value is 5.18. The molecule has 0 atom stereocenters. The summed E-state index contributed by atoms with van der Waals surface area (Å²) in [6, 6.07) is 0. The Morgan fingerprint density at radius 2 is 0.333 bits per heavy atom. The number of hydrogen-bond acceptors (Lipinski definition) is 0. The molecule has 6 heavy (non-hydrogen) atoms. The molecule has 0 aliphatic heterocycles. The van der Waals surface area contributed by atoms with Gasteiger partial charge in [0.25, 0.3) is 0 Å². The van der Waals surface area contributed by atoms with Crippen molar-refractivity contribution in [2.75, 3.05) is 0 Å². The Morgan fingerprint density at radius 1 is 0.333 bits per heavy atom. The molecule has 0 nitrogen and oxygen atoms in total. The largest absolute Gasteiger partial charge is 0 e. The summed E-state index contributed by atoms with van der Waals surface area (Å²) in [6.45, 7) is 0. The minimum absolute atomic E-state index is 0. The summed E-state index contributed by atoms with van der Waals surface area (Å²) in [5, 5.41) is 0. The van der Waals surface area contributed by atoms with E-state index in [1.54, 1.807) is 0 Å². The van der Waals surface area contributed by atoms with Gasteiger partial charge in [-0.2, -0.15) is 0 Å². The summed E-state index contributed by atoms with van der Waals surface area (Å²) in [6.07, 6.45) is 0. The number of hydrogen-bond donors (Lipinski definition) is 0. The van der Waals surface area contributed by atoms with Crippen molar-refractivity contribution in [2.24, 2.45) is 0 Å². The van der Waals surface area contributed by atoms with Crippen molar-refractivity contribution in [3.63, 3.8) is 0 Å². The third-order valence-corrected chi connectivity index (χ3v) is 0. The average molecular weight is 1070 g/mol. The van der Waals surface area contributed by atoms with Gasteiger partial charge in [-0.1, -0.05) is 0 Å². The molecule has 0 bridgehead atoms. The summed E-state index contributed by atoms with van der Waals surface area (Å²) in [4.78, 5) is 0. The predicted octanol–water partition coefficient (Wildman–Crippen LogP) is -0.393. The van der Waals surface area contributed by atoms with Crippen LogP contribution in [0.25, 0.3) is 0 Å². The summed E-state index contributed by atoms with van der Waals surface area (Å²) in [5.41, 5.74) is 0. The molecule has 57 valence electrons. The minimum Gasteiger partial charge on any atom is 0 e. The quantitative estimate of drug-likeness (QED) is 0.291. The van der Waals surface area contributed by atoms with E-state index in [0.717, 1.165) is 0 Å². The van der Waals surface area contributed by atoms with Crippen molar-refractivity contribution in [1.29, 1.82) is 0 Å². The predicted molar refractivity (Wildman–Crippen MR) is 5.75 cm³/mol. The van der Waals surface area contributed by atoms with Gasteiger partial charge in [0, 0.05) is 157 Å². The van der Waals surface area contributed by atoms with E-state index in [1.807, 2.05) is 0 Å². The van der Waals surface area contributed by atoms with Crippen molar-refractivity contribution in [1.82, 2.24) is 0 Å². The fourth-order valence-corrected chi connectivity index (χ4v) is 0. The molecule has 0 aromatic carbocycles. The molecule has 0 spiro atoms. The summed E-state index contributed by atoms with van der Waals surface area (Å²) in [5.74, 6) is 0. The molecule has 0 aromatic heterocycles. The van der Waals surface area contributed by atoms with Gasteiger partial charge in [-0.05, 0) is 0 Å². The first-order chi connectivity index (χ1) is 0. The van der Waals surface area contributed by atoms with Crippen LogP contribution in [0.2, 0.25) is 0 Å². The second kappa shape index (κ2) is 32.0. The third-order valence-electron chi connectivity index (χ3n) is 0. The molecule has 0 aliphatic rings. The van der Waals surface area contributed by atoms with E-state index >= 15 is 0 Å². The zero-order chi connectivity index (χ0) is 0. The van der Waals surface area contributed by atoms with Crippen LogP contribution in [0.3, 0.4) is 0 Å². The van der Waals surface area contributed by atoms with Crippen LogP contribution in [0.4, 0.5) is 0 Å². The standard InChI is InChI=1S/5Au.Sr. The van der Waals surface area contributed by atoms with Gasteiger partial charge in [-0.15, -0.1) is 0 Å². The van der Waals surface area contributed by atoms with Gasteiger partial charge in [0.2, 0.25) is 0 Å². The van der Waals surface area contributed by atoms with Crippen molar-refractivity contribution in [3.05, 3.63) is 0 Å². The van der Waals surface area contributed by atoms with Crippen molar-refractivity contribution in [3.8, 4) is 0 Å². The first kappa shape index (κ1) is 43.2. The molecule has 0 saturated carbocycles. The molecule has 0 amide bonds. The Balaban J connectivity index is 0. The van der Waals surface area contributed by atoms with Gasteiger partial charge >= 0.3 is 0 Å². The van der Waals surface area contributed by atoms with Gasteiger partial charge in [-0.3, -0.25) is 0 Å². The van der Waals surface area contributed by atoms with E-state index in [9.17, 15) is 0 Å². The van der Waals surface area contributed by atoms with E-state index in [2.05, 4.69) is 0 Å². The van der Waals surface area contributed by atoms with Crippen LogP contribution < -0.4 is 0 Å². The summed E-state index contributed by atoms with van der Waals surface area (Å²) >= 11 is 0. The maximum absolute atomic E-state index is 0. The molecule has 0 aromatic rings. The molecule has 0 N–H and O–H groups in total. The van der Waals surface area contributed by atoms with Crippen LogP contribution in [0.1, 0.15) is 0 Å². The van der Waals surface area contributed by atoms with Gasteiger partial charge in [0.05, 0.1) is 0 Å². The normalized spacial score (nSPS) is 0. The SMILES string of the molecule is [Au].[Au].[Au].[Au].[Au].[Sr]. The molecular weight excluding hydrogens is 1070 g/mol. The van der Waals surface area contributed by atoms with E-state index in [-0.39, 0.29) is 157 Å². The molecule has 6 heteroatoms. The Kier molecular flexibility index (Phi) is 230.